The van der Waals surface area contributed by atoms with Crippen molar-refractivity contribution >= 4 is 5.91 Å². The van der Waals surface area contributed by atoms with E-state index in [2.05, 4.69) is 15.3 Å². The van der Waals surface area contributed by atoms with Gasteiger partial charge in [-0.2, -0.15) is 10.2 Å². The summed E-state index contributed by atoms with van der Waals surface area (Å²) in [5.74, 6) is 0.333. The van der Waals surface area contributed by atoms with Gasteiger partial charge in [0.1, 0.15) is 0 Å². The van der Waals surface area contributed by atoms with Crippen LogP contribution in [-0.4, -0.2) is 30.8 Å². The summed E-state index contributed by atoms with van der Waals surface area (Å²) in [6.45, 7) is 2.78. The van der Waals surface area contributed by atoms with Crippen LogP contribution in [0.1, 0.15) is 27.2 Å². The molecule has 0 spiro atoms. The van der Waals surface area contributed by atoms with Crippen molar-refractivity contribution in [3.05, 3.63) is 112 Å². The Morgan fingerprint density at radius 3 is 2.07 bits per heavy atom. The summed E-state index contributed by atoms with van der Waals surface area (Å²) in [6, 6.07) is 22.7. The van der Waals surface area contributed by atoms with Crippen molar-refractivity contribution in [3.63, 3.8) is 0 Å². The van der Waals surface area contributed by atoms with Crippen LogP contribution in [0.5, 0.6) is 0 Å². The van der Waals surface area contributed by atoms with Crippen LogP contribution in [0.15, 0.2) is 83.8 Å². The highest BCUT2D eigenvalue weighted by molar-refractivity contribution is 5.95. The van der Waals surface area contributed by atoms with Crippen LogP contribution in [0.2, 0.25) is 0 Å². The number of carbonyl (C=O) groups is 1. The molecule has 0 fully saturated rings. The average molecular weight is 399 g/mol. The van der Waals surface area contributed by atoms with E-state index < -0.39 is 0 Å². The van der Waals surface area contributed by atoms with Gasteiger partial charge in [-0.1, -0.05) is 60.7 Å². The topological polar surface area (TPSA) is 83.9 Å². The Morgan fingerprint density at radius 1 is 0.933 bits per heavy atom. The molecule has 0 radical (unpaired) electrons. The zero-order valence-corrected chi connectivity index (χ0v) is 16.5. The SMILES string of the molecule is Cc1c(C(=O)N(Cc2ccccc2)Cc2ccccc2)cnn1-c1ccc(=O)[nH]n1. The average Bonchev–Trinajstić information content (AvgIpc) is 3.16. The summed E-state index contributed by atoms with van der Waals surface area (Å²) in [7, 11) is 0. The molecule has 0 aliphatic rings. The summed E-state index contributed by atoms with van der Waals surface area (Å²) in [4.78, 5) is 26.6. The first-order chi connectivity index (χ1) is 14.6. The molecule has 0 bridgehead atoms. The third-order valence-corrected chi connectivity index (χ3v) is 4.84. The number of hydrogen-bond acceptors (Lipinski definition) is 4. The summed E-state index contributed by atoms with van der Waals surface area (Å²) in [6.07, 6.45) is 1.55. The van der Waals surface area contributed by atoms with Gasteiger partial charge >= 0.3 is 0 Å². The number of hydrogen-bond donors (Lipinski definition) is 1. The van der Waals surface area contributed by atoms with Gasteiger partial charge in [0.15, 0.2) is 5.82 Å². The van der Waals surface area contributed by atoms with Crippen molar-refractivity contribution in [2.45, 2.75) is 20.0 Å². The molecule has 0 unspecified atom stereocenters. The standard InChI is InChI=1S/C23H21N5O2/c1-17-20(14-24-28(17)21-12-13-22(29)26-25-21)23(30)27(15-18-8-4-2-5-9-18)16-19-10-6-3-7-11-19/h2-14H,15-16H2,1H3,(H,26,29). The van der Waals surface area contributed by atoms with Gasteiger partial charge in [-0.05, 0) is 24.1 Å². The van der Waals surface area contributed by atoms with Crippen LogP contribution < -0.4 is 5.56 Å². The third-order valence-electron chi connectivity index (χ3n) is 4.84. The molecule has 30 heavy (non-hydrogen) atoms. The number of H-pyrrole nitrogens is 1. The minimum Gasteiger partial charge on any atom is -0.330 e. The van der Waals surface area contributed by atoms with E-state index in [9.17, 15) is 9.59 Å². The fourth-order valence-corrected chi connectivity index (χ4v) is 3.28. The van der Waals surface area contributed by atoms with Crippen LogP contribution in [0.25, 0.3) is 5.82 Å². The van der Waals surface area contributed by atoms with Gasteiger partial charge in [-0.3, -0.25) is 9.59 Å². The van der Waals surface area contributed by atoms with Crippen molar-refractivity contribution < 1.29 is 4.79 Å². The second kappa shape index (κ2) is 8.57. The number of rotatable bonds is 6. The Hall–Kier alpha value is -4.00. The molecule has 4 rings (SSSR count). The quantitative estimate of drug-likeness (QED) is 0.540. The van der Waals surface area contributed by atoms with Gasteiger partial charge in [-0.15, -0.1) is 0 Å². The fraction of sp³-hybridized carbons (Fsp3) is 0.130. The Kier molecular flexibility index (Phi) is 5.52. The molecule has 7 heteroatoms. The molecule has 0 aliphatic carbocycles. The van der Waals surface area contributed by atoms with E-state index in [1.54, 1.807) is 21.8 Å². The molecular formula is C23H21N5O2. The highest BCUT2D eigenvalue weighted by atomic mass is 16.2. The number of amides is 1. The van der Waals surface area contributed by atoms with Crippen molar-refractivity contribution in [1.82, 2.24) is 24.9 Å². The number of aromatic nitrogens is 4. The lowest BCUT2D eigenvalue weighted by Crippen LogP contribution is -2.30. The van der Waals surface area contributed by atoms with Crippen molar-refractivity contribution in [3.8, 4) is 5.82 Å². The van der Waals surface area contributed by atoms with Crippen molar-refractivity contribution in [2.24, 2.45) is 0 Å². The number of nitrogens with one attached hydrogen (secondary N) is 1. The predicted molar refractivity (Wildman–Crippen MR) is 113 cm³/mol. The zero-order valence-electron chi connectivity index (χ0n) is 16.5. The first-order valence-electron chi connectivity index (χ1n) is 9.59. The Labute approximate surface area is 173 Å². The van der Waals surface area contributed by atoms with E-state index in [0.717, 1.165) is 11.1 Å². The van der Waals surface area contributed by atoms with E-state index in [-0.39, 0.29) is 11.5 Å². The molecule has 2 heterocycles. The summed E-state index contributed by atoms with van der Waals surface area (Å²) in [5.41, 5.74) is 2.96. The minimum atomic E-state index is -0.295. The first kappa shape index (κ1) is 19.3. The summed E-state index contributed by atoms with van der Waals surface area (Å²) in [5, 5.41) is 10.7. The Bertz CT molecular complexity index is 1140. The lowest BCUT2D eigenvalue weighted by molar-refractivity contribution is 0.0729. The molecule has 4 aromatic rings. The number of benzene rings is 2. The second-order valence-electron chi connectivity index (χ2n) is 6.97. The third kappa shape index (κ3) is 4.20. The Balaban J connectivity index is 1.65. The molecule has 2 aromatic carbocycles. The van der Waals surface area contributed by atoms with Crippen LogP contribution in [0, 0.1) is 6.92 Å². The van der Waals surface area contributed by atoms with E-state index in [4.69, 9.17) is 0 Å². The molecule has 2 aromatic heterocycles. The van der Waals surface area contributed by atoms with Crippen LogP contribution >= 0.6 is 0 Å². The molecule has 1 N–H and O–H groups in total. The second-order valence-corrected chi connectivity index (χ2v) is 6.97. The normalized spacial score (nSPS) is 10.7. The molecule has 1 amide bonds. The molecule has 0 saturated heterocycles. The highest BCUT2D eigenvalue weighted by Gasteiger charge is 2.22. The zero-order chi connectivity index (χ0) is 20.9. The molecule has 150 valence electrons. The van der Waals surface area contributed by atoms with Crippen LogP contribution in [0.4, 0.5) is 0 Å². The molecular weight excluding hydrogens is 378 g/mol. The number of carbonyl (C=O) groups excluding carboxylic acids is 1. The summed E-state index contributed by atoms with van der Waals surface area (Å²) >= 11 is 0. The van der Waals surface area contributed by atoms with Gasteiger partial charge in [0, 0.05) is 19.2 Å². The minimum absolute atomic E-state index is 0.115. The molecule has 7 nitrogen and oxygen atoms in total. The molecule has 0 aliphatic heterocycles. The molecule has 0 atom stereocenters. The van der Waals surface area contributed by atoms with E-state index in [1.165, 1.54) is 6.07 Å². The van der Waals surface area contributed by atoms with Gasteiger partial charge in [0.05, 0.1) is 17.5 Å². The maximum absolute atomic E-state index is 13.5. The number of nitrogens with zero attached hydrogens (tertiary/aromatic N) is 4. The Morgan fingerprint density at radius 2 is 1.53 bits per heavy atom. The maximum atomic E-state index is 13.5. The van der Waals surface area contributed by atoms with Crippen LogP contribution in [-0.2, 0) is 13.1 Å². The van der Waals surface area contributed by atoms with Gasteiger partial charge in [0.25, 0.3) is 11.5 Å². The van der Waals surface area contributed by atoms with Crippen molar-refractivity contribution in [1.29, 1.82) is 0 Å². The first-order valence-corrected chi connectivity index (χ1v) is 9.59. The smallest absolute Gasteiger partial charge is 0.264 e. The van der Waals surface area contributed by atoms with Gasteiger partial charge in [0.2, 0.25) is 0 Å². The summed E-state index contributed by atoms with van der Waals surface area (Å²) < 4.78 is 1.55. The van der Waals surface area contributed by atoms with Gasteiger partial charge in [-0.25, -0.2) is 9.78 Å². The fourth-order valence-electron chi connectivity index (χ4n) is 3.28. The predicted octanol–water partition coefficient (Wildman–Crippen LogP) is 3.11. The molecule has 0 saturated carbocycles. The lowest BCUT2D eigenvalue weighted by atomic mass is 10.1. The van der Waals surface area contributed by atoms with Gasteiger partial charge < -0.3 is 4.90 Å². The van der Waals surface area contributed by atoms with Crippen LogP contribution in [0.3, 0.4) is 0 Å². The largest absolute Gasteiger partial charge is 0.330 e. The lowest BCUT2D eigenvalue weighted by Gasteiger charge is -2.23. The monoisotopic (exact) mass is 399 g/mol. The maximum Gasteiger partial charge on any atom is 0.264 e. The highest BCUT2D eigenvalue weighted by Crippen LogP contribution is 2.18. The number of aromatic amines is 1. The van der Waals surface area contributed by atoms with E-state index >= 15 is 0 Å². The van der Waals surface area contributed by atoms with Crippen molar-refractivity contribution in [2.75, 3.05) is 0 Å². The van der Waals surface area contributed by atoms with E-state index in [0.29, 0.717) is 30.2 Å². The van der Waals surface area contributed by atoms with E-state index in [1.807, 2.05) is 67.6 Å².